The predicted molar refractivity (Wildman–Crippen MR) is 59.9 cm³/mol. The summed E-state index contributed by atoms with van der Waals surface area (Å²) in [5.74, 6) is -1.50. The van der Waals surface area contributed by atoms with Gasteiger partial charge in [-0.25, -0.2) is 0 Å². The zero-order chi connectivity index (χ0) is 13.1. The molecule has 0 saturated heterocycles. The first-order valence-electron chi connectivity index (χ1n) is 4.59. The average Bonchev–Trinajstić information content (AvgIpc) is 2.18. The van der Waals surface area contributed by atoms with Gasteiger partial charge < -0.3 is 10.4 Å². The zero-order valence-electron chi connectivity index (χ0n) is 8.46. The van der Waals surface area contributed by atoms with Crippen molar-refractivity contribution in [1.29, 1.82) is 0 Å². The van der Waals surface area contributed by atoms with Gasteiger partial charge in [-0.1, -0.05) is 15.9 Å². The molecule has 2 N–H and O–H groups in total. The molecule has 0 aromatic heterocycles. The summed E-state index contributed by atoms with van der Waals surface area (Å²) in [6.45, 7) is 0. The highest BCUT2D eigenvalue weighted by atomic mass is 79.9. The topological polar surface area (TPSA) is 49.3 Å². The van der Waals surface area contributed by atoms with Crippen LogP contribution in [-0.4, -0.2) is 23.3 Å². The van der Waals surface area contributed by atoms with Crippen molar-refractivity contribution in [3.63, 3.8) is 0 Å². The summed E-state index contributed by atoms with van der Waals surface area (Å²) in [5, 5.41) is 10.6. The fraction of sp³-hybridized carbons (Fsp3) is 0.300. The maximum atomic E-state index is 12.5. The molecule has 0 spiro atoms. The molecule has 1 rings (SSSR count). The van der Waals surface area contributed by atoms with Crippen LogP contribution in [0.2, 0.25) is 0 Å². The highest BCUT2D eigenvalue weighted by Gasteiger charge is 2.41. The second-order valence-corrected chi connectivity index (χ2v) is 4.26. The summed E-state index contributed by atoms with van der Waals surface area (Å²) in [5.41, 5.74) is 0.219. The Balaban J connectivity index is 2.79. The lowest BCUT2D eigenvalue weighted by atomic mass is 10.2. The second-order valence-electron chi connectivity index (χ2n) is 3.34. The van der Waals surface area contributed by atoms with Crippen LogP contribution in [0.5, 0.6) is 0 Å². The van der Waals surface area contributed by atoms with E-state index in [1.807, 2.05) is 0 Å². The smallest absolute Gasteiger partial charge is 0.409 e. The number of aliphatic carboxylic acids is 1. The number of carboxylic acid groups (broad SMARTS) is 1. The van der Waals surface area contributed by atoms with Crippen molar-refractivity contribution < 1.29 is 23.1 Å². The number of hydrogen-bond donors (Lipinski definition) is 2. The molecule has 0 aliphatic heterocycles. The van der Waals surface area contributed by atoms with Crippen molar-refractivity contribution in [2.24, 2.45) is 0 Å². The van der Waals surface area contributed by atoms with E-state index < -0.39 is 24.6 Å². The highest BCUT2D eigenvalue weighted by molar-refractivity contribution is 9.10. The summed E-state index contributed by atoms with van der Waals surface area (Å²) < 4.78 is 38.3. The third-order valence-corrected chi connectivity index (χ3v) is 2.49. The van der Waals surface area contributed by atoms with Gasteiger partial charge in [-0.05, 0) is 24.3 Å². The third kappa shape index (κ3) is 4.64. The lowest BCUT2D eigenvalue weighted by Gasteiger charge is -2.21. The van der Waals surface area contributed by atoms with E-state index in [1.54, 1.807) is 12.1 Å². The van der Waals surface area contributed by atoms with Crippen LogP contribution >= 0.6 is 15.9 Å². The van der Waals surface area contributed by atoms with E-state index in [0.29, 0.717) is 0 Å². The standard InChI is InChI=1S/C10H9BrF3NO2/c11-6-1-3-7(4-2-6)15-8(5-9(16)17)10(12,13)14/h1-4,8,15H,5H2,(H,16,17). The Morgan fingerprint density at radius 1 is 1.35 bits per heavy atom. The lowest BCUT2D eigenvalue weighted by Crippen LogP contribution is -2.38. The van der Waals surface area contributed by atoms with Gasteiger partial charge in [-0.2, -0.15) is 13.2 Å². The maximum absolute atomic E-state index is 12.5. The molecule has 1 unspecified atom stereocenters. The van der Waals surface area contributed by atoms with E-state index in [4.69, 9.17) is 5.11 Å². The molecule has 0 amide bonds. The molecule has 0 heterocycles. The van der Waals surface area contributed by atoms with Crippen LogP contribution in [0.3, 0.4) is 0 Å². The Morgan fingerprint density at radius 3 is 2.29 bits per heavy atom. The molecule has 0 bridgehead atoms. The fourth-order valence-electron chi connectivity index (χ4n) is 1.17. The van der Waals surface area contributed by atoms with Crippen LogP contribution in [0.4, 0.5) is 18.9 Å². The van der Waals surface area contributed by atoms with Crippen molar-refractivity contribution in [2.75, 3.05) is 5.32 Å². The molecule has 94 valence electrons. The number of rotatable bonds is 4. The van der Waals surface area contributed by atoms with Gasteiger partial charge >= 0.3 is 12.1 Å². The van der Waals surface area contributed by atoms with Gasteiger partial charge in [0, 0.05) is 10.2 Å². The number of hydrogen-bond acceptors (Lipinski definition) is 2. The largest absolute Gasteiger partial charge is 0.481 e. The van der Waals surface area contributed by atoms with E-state index in [9.17, 15) is 18.0 Å². The minimum absolute atomic E-state index is 0.219. The fourth-order valence-corrected chi connectivity index (χ4v) is 1.43. The number of carbonyl (C=O) groups is 1. The molecule has 1 atom stereocenters. The number of alkyl halides is 3. The molecule has 1 aromatic carbocycles. The molecule has 0 fully saturated rings. The molecule has 7 heteroatoms. The normalized spacial score (nSPS) is 13.2. The van der Waals surface area contributed by atoms with E-state index in [0.717, 1.165) is 4.47 Å². The van der Waals surface area contributed by atoms with E-state index in [2.05, 4.69) is 21.2 Å². The average molecular weight is 312 g/mol. The van der Waals surface area contributed by atoms with Gasteiger partial charge in [0.1, 0.15) is 6.04 Å². The number of benzene rings is 1. The van der Waals surface area contributed by atoms with Gasteiger partial charge in [-0.15, -0.1) is 0 Å². The Labute approximate surface area is 104 Å². The molecule has 1 aromatic rings. The third-order valence-electron chi connectivity index (χ3n) is 1.96. The van der Waals surface area contributed by atoms with Crippen LogP contribution < -0.4 is 5.32 Å². The van der Waals surface area contributed by atoms with Crippen LogP contribution in [0, 0.1) is 0 Å². The Bertz CT molecular complexity index is 392. The summed E-state index contributed by atoms with van der Waals surface area (Å²) in [4.78, 5) is 10.4. The van der Waals surface area contributed by atoms with Gasteiger partial charge in [0.2, 0.25) is 0 Å². The quantitative estimate of drug-likeness (QED) is 0.897. The monoisotopic (exact) mass is 311 g/mol. The van der Waals surface area contributed by atoms with Crippen molar-refractivity contribution in [3.8, 4) is 0 Å². The summed E-state index contributed by atoms with van der Waals surface area (Å²) in [6.07, 6.45) is -5.62. The summed E-state index contributed by atoms with van der Waals surface area (Å²) in [6, 6.07) is 3.91. The molecular weight excluding hydrogens is 303 g/mol. The summed E-state index contributed by atoms with van der Waals surface area (Å²) in [7, 11) is 0. The van der Waals surface area contributed by atoms with Crippen LogP contribution in [0.1, 0.15) is 6.42 Å². The van der Waals surface area contributed by atoms with Gasteiger partial charge in [0.05, 0.1) is 6.42 Å². The maximum Gasteiger partial charge on any atom is 0.409 e. The highest BCUT2D eigenvalue weighted by Crippen LogP contribution is 2.26. The number of carboxylic acids is 1. The summed E-state index contributed by atoms with van der Waals surface area (Å²) >= 11 is 3.15. The molecular formula is C10H9BrF3NO2. The van der Waals surface area contributed by atoms with Crippen LogP contribution in [-0.2, 0) is 4.79 Å². The SMILES string of the molecule is O=C(O)CC(Nc1ccc(Br)cc1)C(F)(F)F. The first-order valence-corrected chi connectivity index (χ1v) is 5.39. The van der Waals surface area contributed by atoms with Gasteiger partial charge in [-0.3, -0.25) is 4.79 Å². The minimum Gasteiger partial charge on any atom is -0.481 e. The minimum atomic E-state index is -4.61. The van der Waals surface area contributed by atoms with E-state index in [-0.39, 0.29) is 5.69 Å². The first-order chi connectivity index (χ1) is 7.79. The number of nitrogens with one attached hydrogen (secondary N) is 1. The molecule has 3 nitrogen and oxygen atoms in total. The zero-order valence-corrected chi connectivity index (χ0v) is 10.0. The second kappa shape index (κ2) is 5.39. The van der Waals surface area contributed by atoms with Crippen molar-refractivity contribution in [3.05, 3.63) is 28.7 Å². The molecule has 0 aliphatic carbocycles. The number of halogens is 4. The van der Waals surface area contributed by atoms with Gasteiger partial charge in [0.15, 0.2) is 0 Å². The van der Waals surface area contributed by atoms with Crippen molar-refractivity contribution >= 4 is 27.6 Å². The predicted octanol–water partition coefficient (Wildman–Crippen LogP) is 3.27. The van der Waals surface area contributed by atoms with E-state index >= 15 is 0 Å². The van der Waals surface area contributed by atoms with Crippen molar-refractivity contribution in [2.45, 2.75) is 18.6 Å². The van der Waals surface area contributed by atoms with Crippen molar-refractivity contribution in [1.82, 2.24) is 0 Å². The Kier molecular flexibility index (Phi) is 4.39. The van der Waals surface area contributed by atoms with E-state index in [1.165, 1.54) is 12.1 Å². The first kappa shape index (κ1) is 13.8. The number of anilines is 1. The van der Waals surface area contributed by atoms with Crippen LogP contribution in [0.15, 0.2) is 28.7 Å². The molecule has 17 heavy (non-hydrogen) atoms. The molecule has 0 aliphatic rings. The van der Waals surface area contributed by atoms with Gasteiger partial charge in [0.25, 0.3) is 0 Å². The Hall–Kier alpha value is -1.24. The lowest BCUT2D eigenvalue weighted by molar-refractivity contribution is -0.157. The molecule has 0 radical (unpaired) electrons. The van der Waals surface area contributed by atoms with Crippen LogP contribution in [0.25, 0.3) is 0 Å². The Morgan fingerprint density at radius 2 is 1.88 bits per heavy atom. The molecule has 0 saturated carbocycles.